The summed E-state index contributed by atoms with van der Waals surface area (Å²) in [5.74, 6) is 0.284. The molecule has 12 heavy (non-hydrogen) atoms. The van der Waals surface area contributed by atoms with Crippen molar-refractivity contribution in [2.75, 3.05) is 0 Å². The van der Waals surface area contributed by atoms with Crippen LogP contribution in [0.15, 0.2) is 24.3 Å². The smallest absolute Gasteiger partial charge is 0.115 e. The van der Waals surface area contributed by atoms with Gasteiger partial charge >= 0.3 is 0 Å². The van der Waals surface area contributed by atoms with Crippen molar-refractivity contribution in [3.05, 3.63) is 29.8 Å². The van der Waals surface area contributed by atoms with E-state index in [1.807, 2.05) is 13.0 Å². The quantitative estimate of drug-likeness (QED) is 0.746. The maximum atomic E-state index is 9.10. The minimum absolute atomic E-state index is 0. The molecule has 0 spiro atoms. The number of phenolic OH excluding ortho intramolecular Hbond substituents is 1. The van der Waals surface area contributed by atoms with Gasteiger partial charge in [-0.1, -0.05) is 19.1 Å². The number of hydrogen-bond donors (Lipinski definition) is 2. The molecule has 68 valence electrons. The Morgan fingerprint density at radius 3 is 2.67 bits per heavy atom. The first kappa shape index (κ1) is 11.3. The van der Waals surface area contributed by atoms with Crippen molar-refractivity contribution in [3.8, 4) is 5.75 Å². The molecule has 3 N–H and O–H groups in total. The molecule has 3 heteroatoms. The summed E-state index contributed by atoms with van der Waals surface area (Å²) in [5, 5.41) is 9.10. The van der Waals surface area contributed by atoms with Crippen molar-refractivity contribution >= 4 is 12.4 Å². The van der Waals surface area contributed by atoms with Gasteiger partial charge in [0.15, 0.2) is 0 Å². The Kier molecular flexibility index (Phi) is 4.71. The van der Waals surface area contributed by atoms with Crippen LogP contribution in [-0.2, 0) is 0 Å². The molecule has 0 fully saturated rings. The summed E-state index contributed by atoms with van der Waals surface area (Å²) in [6, 6.07) is 7.12. The summed E-state index contributed by atoms with van der Waals surface area (Å²) in [5.41, 5.74) is 6.75. The lowest BCUT2D eigenvalue weighted by Gasteiger charge is -2.08. The zero-order valence-corrected chi connectivity index (χ0v) is 7.84. The zero-order chi connectivity index (χ0) is 8.27. The lowest BCUT2D eigenvalue weighted by atomic mass is 10.1. The van der Waals surface area contributed by atoms with Crippen molar-refractivity contribution in [2.24, 2.45) is 5.73 Å². The topological polar surface area (TPSA) is 46.2 Å². The van der Waals surface area contributed by atoms with Crippen molar-refractivity contribution in [1.82, 2.24) is 0 Å². The minimum Gasteiger partial charge on any atom is -0.508 e. The molecular formula is C9H14ClNO. The average Bonchev–Trinajstić information content (AvgIpc) is 2.03. The number of benzene rings is 1. The highest BCUT2D eigenvalue weighted by Gasteiger charge is 2.01. The average molecular weight is 188 g/mol. The van der Waals surface area contributed by atoms with Gasteiger partial charge in [0.25, 0.3) is 0 Å². The summed E-state index contributed by atoms with van der Waals surface area (Å²) < 4.78 is 0. The van der Waals surface area contributed by atoms with Crippen LogP contribution in [0, 0.1) is 0 Å². The van der Waals surface area contributed by atoms with Crippen LogP contribution in [0.1, 0.15) is 24.9 Å². The van der Waals surface area contributed by atoms with Crippen LogP contribution in [0.4, 0.5) is 0 Å². The fraction of sp³-hybridized carbons (Fsp3) is 0.333. The van der Waals surface area contributed by atoms with Gasteiger partial charge in [0.05, 0.1) is 0 Å². The van der Waals surface area contributed by atoms with Crippen molar-refractivity contribution in [2.45, 2.75) is 19.4 Å². The second-order valence-corrected chi connectivity index (χ2v) is 2.61. The van der Waals surface area contributed by atoms with Crippen LogP contribution in [0.2, 0.25) is 0 Å². The molecule has 1 atom stereocenters. The van der Waals surface area contributed by atoms with Crippen molar-refractivity contribution in [1.29, 1.82) is 0 Å². The van der Waals surface area contributed by atoms with Crippen LogP contribution < -0.4 is 5.73 Å². The Balaban J connectivity index is 0.00000121. The van der Waals surface area contributed by atoms with Gasteiger partial charge in [0, 0.05) is 6.04 Å². The highest BCUT2D eigenvalue weighted by atomic mass is 35.5. The van der Waals surface area contributed by atoms with Gasteiger partial charge in [-0.3, -0.25) is 0 Å². The predicted molar refractivity (Wildman–Crippen MR) is 52.6 cm³/mol. The predicted octanol–water partition coefficient (Wildman–Crippen LogP) is 2.22. The van der Waals surface area contributed by atoms with Gasteiger partial charge < -0.3 is 10.8 Å². The van der Waals surface area contributed by atoms with E-state index in [9.17, 15) is 0 Å². The standard InChI is InChI=1S/C9H13NO.ClH/c1-2-9(10)7-4-3-5-8(11)6-7;/h3-6,9,11H,2,10H2,1H3;1H/t9-;/m1./s1. The minimum atomic E-state index is 0. The Morgan fingerprint density at radius 1 is 1.50 bits per heavy atom. The van der Waals surface area contributed by atoms with Crippen molar-refractivity contribution < 1.29 is 5.11 Å². The first-order valence-corrected chi connectivity index (χ1v) is 3.78. The molecule has 0 bridgehead atoms. The highest BCUT2D eigenvalue weighted by Crippen LogP contribution is 2.17. The van der Waals surface area contributed by atoms with Crippen molar-refractivity contribution in [3.63, 3.8) is 0 Å². The largest absolute Gasteiger partial charge is 0.508 e. The molecule has 0 heterocycles. The monoisotopic (exact) mass is 187 g/mol. The molecule has 0 radical (unpaired) electrons. The van der Waals surface area contributed by atoms with E-state index in [0.29, 0.717) is 0 Å². The Morgan fingerprint density at radius 2 is 2.17 bits per heavy atom. The lowest BCUT2D eigenvalue weighted by Crippen LogP contribution is -2.07. The SMILES string of the molecule is CC[C@@H](N)c1cccc(O)c1.Cl. The first-order valence-electron chi connectivity index (χ1n) is 3.78. The molecule has 0 aliphatic heterocycles. The molecular weight excluding hydrogens is 174 g/mol. The van der Waals surface area contributed by atoms with E-state index < -0.39 is 0 Å². The summed E-state index contributed by atoms with van der Waals surface area (Å²) in [4.78, 5) is 0. The molecule has 1 aromatic rings. The van der Waals surface area contributed by atoms with Crippen LogP contribution >= 0.6 is 12.4 Å². The molecule has 0 saturated carbocycles. The molecule has 1 rings (SSSR count). The van der Waals surface area contributed by atoms with Crippen LogP contribution in [0.5, 0.6) is 5.75 Å². The van der Waals surface area contributed by atoms with Gasteiger partial charge in [0.1, 0.15) is 5.75 Å². The molecule has 0 aromatic heterocycles. The molecule has 2 nitrogen and oxygen atoms in total. The Hall–Kier alpha value is -0.730. The van der Waals surface area contributed by atoms with Crippen LogP contribution in [0.25, 0.3) is 0 Å². The van der Waals surface area contributed by atoms with E-state index in [1.165, 1.54) is 0 Å². The Labute approximate surface area is 78.8 Å². The van der Waals surface area contributed by atoms with Gasteiger partial charge in [-0.05, 0) is 24.1 Å². The number of nitrogens with two attached hydrogens (primary N) is 1. The van der Waals surface area contributed by atoms with Crippen LogP contribution in [-0.4, -0.2) is 5.11 Å². The summed E-state index contributed by atoms with van der Waals surface area (Å²) in [7, 11) is 0. The van der Waals surface area contributed by atoms with Gasteiger partial charge in [0.2, 0.25) is 0 Å². The van der Waals surface area contributed by atoms with Crippen LogP contribution in [0.3, 0.4) is 0 Å². The number of phenols is 1. The third-order valence-electron chi connectivity index (χ3n) is 1.74. The van der Waals surface area contributed by atoms with E-state index in [4.69, 9.17) is 10.8 Å². The molecule has 0 aliphatic carbocycles. The van der Waals surface area contributed by atoms with E-state index >= 15 is 0 Å². The number of rotatable bonds is 2. The number of hydrogen-bond acceptors (Lipinski definition) is 2. The third kappa shape index (κ3) is 2.72. The fourth-order valence-corrected chi connectivity index (χ4v) is 0.991. The molecule has 0 saturated heterocycles. The molecule has 1 aromatic carbocycles. The second-order valence-electron chi connectivity index (χ2n) is 2.61. The fourth-order valence-electron chi connectivity index (χ4n) is 0.991. The van der Waals surface area contributed by atoms with E-state index in [-0.39, 0.29) is 24.2 Å². The highest BCUT2D eigenvalue weighted by molar-refractivity contribution is 5.85. The summed E-state index contributed by atoms with van der Waals surface area (Å²) >= 11 is 0. The lowest BCUT2D eigenvalue weighted by molar-refractivity contribution is 0.473. The molecule has 0 aliphatic rings. The van der Waals surface area contributed by atoms with Gasteiger partial charge in [-0.15, -0.1) is 12.4 Å². The first-order chi connectivity index (χ1) is 5.24. The maximum Gasteiger partial charge on any atom is 0.115 e. The summed E-state index contributed by atoms with van der Waals surface area (Å²) in [6.45, 7) is 2.02. The van der Waals surface area contributed by atoms with E-state index in [2.05, 4.69) is 0 Å². The van der Waals surface area contributed by atoms with E-state index in [0.717, 1.165) is 12.0 Å². The van der Waals surface area contributed by atoms with Gasteiger partial charge in [-0.25, -0.2) is 0 Å². The second kappa shape index (κ2) is 5.01. The third-order valence-corrected chi connectivity index (χ3v) is 1.74. The number of aromatic hydroxyl groups is 1. The zero-order valence-electron chi connectivity index (χ0n) is 7.03. The van der Waals surface area contributed by atoms with E-state index in [1.54, 1.807) is 18.2 Å². The molecule has 0 unspecified atom stereocenters. The Bertz CT molecular complexity index is 240. The van der Waals surface area contributed by atoms with Gasteiger partial charge in [-0.2, -0.15) is 0 Å². The molecule has 0 amide bonds. The maximum absolute atomic E-state index is 9.10. The number of halogens is 1. The summed E-state index contributed by atoms with van der Waals surface area (Å²) in [6.07, 6.45) is 0.892. The normalized spacial score (nSPS) is 11.8.